The molecule has 2 aromatic rings. The number of nitriles is 1. The average Bonchev–Trinajstić information content (AvgIpc) is 2.73. The van der Waals surface area contributed by atoms with E-state index in [9.17, 15) is 4.39 Å². The molecule has 0 fully saturated rings. The maximum atomic E-state index is 13.5. The molecule has 5 heteroatoms. The molecular weight excluding hydrogens is 303 g/mol. The molecule has 0 unspecified atom stereocenters. The van der Waals surface area contributed by atoms with Gasteiger partial charge >= 0.3 is 0 Å². The van der Waals surface area contributed by atoms with Crippen molar-refractivity contribution in [1.29, 1.82) is 5.26 Å². The number of hydrogen-bond donors (Lipinski definition) is 1. The molecule has 2 nitrogen and oxygen atoms in total. The van der Waals surface area contributed by atoms with Crippen LogP contribution in [0.25, 0.3) is 0 Å². The zero-order chi connectivity index (χ0) is 12.3. The molecule has 0 saturated heterocycles. The lowest BCUT2D eigenvalue weighted by Gasteiger charge is -2.06. The van der Waals surface area contributed by atoms with Gasteiger partial charge in [0, 0.05) is 6.54 Å². The van der Waals surface area contributed by atoms with Crippen LogP contribution in [-0.2, 0) is 6.54 Å². The predicted octanol–water partition coefficient (Wildman–Crippen LogP) is 4.13. The van der Waals surface area contributed by atoms with E-state index in [2.05, 4.69) is 21.2 Å². The lowest BCUT2D eigenvalue weighted by atomic mass is 10.2. The van der Waals surface area contributed by atoms with Gasteiger partial charge < -0.3 is 5.32 Å². The third-order valence-corrected chi connectivity index (χ3v) is 3.76. The molecule has 0 radical (unpaired) electrons. The van der Waals surface area contributed by atoms with Crippen LogP contribution in [0.2, 0.25) is 0 Å². The molecular formula is C12H8BrFN2S. The first kappa shape index (κ1) is 12.1. The third kappa shape index (κ3) is 3.05. The number of benzene rings is 1. The smallest absolute Gasteiger partial charge is 0.147 e. The highest BCUT2D eigenvalue weighted by molar-refractivity contribution is 9.11. The molecule has 0 saturated carbocycles. The Balaban J connectivity index is 2.07. The van der Waals surface area contributed by atoms with Crippen molar-refractivity contribution in [1.82, 2.24) is 0 Å². The van der Waals surface area contributed by atoms with Gasteiger partial charge in [0.1, 0.15) is 5.82 Å². The SMILES string of the molecule is N#Cc1ccc(NCc2csc(Br)c2)c(F)c1. The number of hydrogen-bond acceptors (Lipinski definition) is 3. The highest BCUT2D eigenvalue weighted by Crippen LogP contribution is 2.22. The fraction of sp³-hybridized carbons (Fsp3) is 0.0833. The molecule has 0 atom stereocenters. The summed E-state index contributed by atoms with van der Waals surface area (Å²) in [7, 11) is 0. The van der Waals surface area contributed by atoms with Gasteiger partial charge in [-0.2, -0.15) is 5.26 Å². The van der Waals surface area contributed by atoms with Crippen molar-refractivity contribution < 1.29 is 4.39 Å². The standard InChI is InChI=1S/C12H8BrFN2S/c13-12-4-9(7-17-12)6-16-11-2-1-8(5-15)3-10(11)14/h1-4,7,16H,6H2. The van der Waals surface area contributed by atoms with Gasteiger partial charge in [-0.05, 0) is 51.1 Å². The predicted molar refractivity (Wildman–Crippen MR) is 70.5 cm³/mol. The number of halogens is 2. The summed E-state index contributed by atoms with van der Waals surface area (Å²) >= 11 is 4.96. The van der Waals surface area contributed by atoms with Crippen molar-refractivity contribution >= 4 is 33.0 Å². The minimum absolute atomic E-state index is 0.325. The highest BCUT2D eigenvalue weighted by Gasteiger charge is 2.03. The fourth-order valence-corrected chi connectivity index (χ4v) is 2.57. The van der Waals surface area contributed by atoms with Crippen molar-refractivity contribution in [2.75, 3.05) is 5.32 Å². The minimum Gasteiger partial charge on any atom is -0.379 e. The quantitative estimate of drug-likeness (QED) is 0.925. The van der Waals surface area contributed by atoms with Gasteiger partial charge in [-0.15, -0.1) is 11.3 Å². The number of nitrogens with one attached hydrogen (secondary N) is 1. The van der Waals surface area contributed by atoms with Crippen molar-refractivity contribution in [3.63, 3.8) is 0 Å². The van der Waals surface area contributed by atoms with E-state index >= 15 is 0 Å². The summed E-state index contributed by atoms with van der Waals surface area (Å²) in [5, 5.41) is 13.6. The van der Waals surface area contributed by atoms with Gasteiger partial charge in [0.25, 0.3) is 0 Å². The van der Waals surface area contributed by atoms with E-state index in [0.29, 0.717) is 17.8 Å². The zero-order valence-corrected chi connectivity index (χ0v) is 11.1. The lowest BCUT2D eigenvalue weighted by Crippen LogP contribution is -2.00. The molecule has 1 aromatic heterocycles. The summed E-state index contributed by atoms with van der Waals surface area (Å²) in [6.45, 7) is 0.560. The molecule has 0 spiro atoms. The summed E-state index contributed by atoms with van der Waals surface area (Å²) in [5.74, 6) is -0.404. The molecule has 0 bridgehead atoms. The van der Waals surface area contributed by atoms with Crippen molar-refractivity contribution in [2.24, 2.45) is 0 Å². The van der Waals surface area contributed by atoms with Crippen LogP contribution >= 0.6 is 27.3 Å². The number of anilines is 1. The van der Waals surface area contributed by atoms with Gasteiger partial charge in [-0.3, -0.25) is 0 Å². The second-order valence-corrected chi connectivity index (χ2v) is 5.71. The third-order valence-electron chi connectivity index (χ3n) is 2.20. The van der Waals surface area contributed by atoms with Gasteiger partial charge in [0.15, 0.2) is 0 Å². The Morgan fingerprint density at radius 2 is 2.24 bits per heavy atom. The van der Waals surface area contributed by atoms with E-state index in [-0.39, 0.29) is 0 Å². The second kappa shape index (κ2) is 5.30. The van der Waals surface area contributed by atoms with Gasteiger partial charge in [-0.1, -0.05) is 0 Å². The molecule has 0 amide bonds. The van der Waals surface area contributed by atoms with Crippen molar-refractivity contribution in [3.05, 3.63) is 50.4 Å². The van der Waals surface area contributed by atoms with E-state index in [4.69, 9.17) is 5.26 Å². The maximum absolute atomic E-state index is 13.5. The van der Waals surface area contributed by atoms with Crippen LogP contribution < -0.4 is 5.32 Å². The Labute approximate surface area is 111 Å². The van der Waals surface area contributed by atoms with E-state index < -0.39 is 5.82 Å². The molecule has 1 heterocycles. The summed E-state index contributed by atoms with van der Waals surface area (Å²) in [6, 6.07) is 8.28. The Morgan fingerprint density at radius 1 is 1.41 bits per heavy atom. The van der Waals surface area contributed by atoms with E-state index in [1.807, 2.05) is 17.5 Å². The molecule has 2 rings (SSSR count). The Hall–Kier alpha value is -1.38. The average molecular weight is 311 g/mol. The first-order valence-corrected chi connectivity index (χ1v) is 6.53. The van der Waals surface area contributed by atoms with Crippen LogP contribution in [0.15, 0.2) is 33.4 Å². The Kier molecular flexibility index (Phi) is 3.77. The molecule has 1 aromatic carbocycles. The number of nitrogens with zero attached hydrogens (tertiary/aromatic N) is 1. The normalized spacial score (nSPS) is 9.94. The summed E-state index contributed by atoms with van der Waals surface area (Å²) < 4.78 is 14.6. The lowest BCUT2D eigenvalue weighted by molar-refractivity contribution is 0.629. The largest absolute Gasteiger partial charge is 0.379 e. The van der Waals surface area contributed by atoms with Crippen LogP contribution in [0.3, 0.4) is 0 Å². The molecule has 86 valence electrons. The number of thiophene rings is 1. The molecule has 0 aliphatic rings. The minimum atomic E-state index is -0.404. The topological polar surface area (TPSA) is 35.8 Å². The fourth-order valence-electron chi connectivity index (χ4n) is 1.36. The van der Waals surface area contributed by atoms with E-state index in [1.54, 1.807) is 23.5 Å². The first-order valence-electron chi connectivity index (χ1n) is 4.85. The van der Waals surface area contributed by atoms with Crippen molar-refractivity contribution in [2.45, 2.75) is 6.54 Å². The maximum Gasteiger partial charge on any atom is 0.147 e. The van der Waals surface area contributed by atoms with Crippen LogP contribution in [0.5, 0.6) is 0 Å². The zero-order valence-electron chi connectivity index (χ0n) is 8.71. The summed E-state index contributed by atoms with van der Waals surface area (Å²) in [4.78, 5) is 0. The first-order chi connectivity index (χ1) is 8.19. The summed E-state index contributed by atoms with van der Waals surface area (Å²) in [6.07, 6.45) is 0. The molecule has 17 heavy (non-hydrogen) atoms. The second-order valence-electron chi connectivity index (χ2n) is 3.42. The van der Waals surface area contributed by atoms with Crippen LogP contribution in [0.1, 0.15) is 11.1 Å². The Morgan fingerprint density at radius 3 is 2.82 bits per heavy atom. The molecule has 0 aliphatic heterocycles. The Bertz CT molecular complexity index is 574. The van der Waals surface area contributed by atoms with Crippen LogP contribution in [0.4, 0.5) is 10.1 Å². The number of rotatable bonds is 3. The van der Waals surface area contributed by atoms with Gasteiger partial charge in [-0.25, -0.2) is 4.39 Å². The van der Waals surface area contributed by atoms with Gasteiger partial charge in [0.2, 0.25) is 0 Å². The highest BCUT2D eigenvalue weighted by atomic mass is 79.9. The monoisotopic (exact) mass is 310 g/mol. The molecule has 0 aliphatic carbocycles. The van der Waals surface area contributed by atoms with E-state index in [1.165, 1.54) is 6.07 Å². The van der Waals surface area contributed by atoms with Crippen LogP contribution in [-0.4, -0.2) is 0 Å². The summed E-state index contributed by atoms with van der Waals surface area (Å²) in [5.41, 5.74) is 1.82. The van der Waals surface area contributed by atoms with Gasteiger partial charge in [0.05, 0.1) is 21.1 Å². The van der Waals surface area contributed by atoms with E-state index in [0.717, 1.165) is 9.35 Å². The van der Waals surface area contributed by atoms with Crippen LogP contribution in [0, 0.1) is 17.1 Å². The molecule has 1 N–H and O–H groups in total. The van der Waals surface area contributed by atoms with Crippen molar-refractivity contribution in [3.8, 4) is 6.07 Å².